The van der Waals surface area contributed by atoms with Crippen molar-refractivity contribution in [3.05, 3.63) is 24.3 Å². The molecule has 2 nitrogen and oxygen atoms in total. The van der Waals surface area contributed by atoms with Crippen molar-refractivity contribution in [1.82, 2.24) is 4.90 Å². The number of hydrogen-bond acceptors (Lipinski definition) is 3. The first-order valence-corrected chi connectivity index (χ1v) is 6.45. The maximum atomic E-state index is 3.63. The van der Waals surface area contributed by atoms with Gasteiger partial charge in [0, 0.05) is 16.6 Å². The maximum Gasteiger partial charge on any atom is 0.0926 e. The first-order chi connectivity index (χ1) is 7.34. The highest BCUT2D eigenvalue weighted by molar-refractivity contribution is 8.00. The van der Waals surface area contributed by atoms with E-state index in [0.717, 1.165) is 0 Å². The van der Waals surface area contributed by atoms with Crippen LogP contribution in [0.15, 0.2) is 29.2 Å². The molecule has 2 atom stereocenters. The van der Waals surface area contributed by atoms with Crippen LogP contribution >= 0.6 is 11.8 Å². The van der Waals surface area contributed by atoms with Gasteiger partial charge in [-0.1, -0.05) is 23.9 Å². The van der Waals surface area contributed by atoms with E-state index < -0.39 is 0 Å². The molecule has 0 amide bonds. The Morgan fingerprint density at radius 1 is 1.40 bits per heavy atom. The zero-order valence-corrected chi connectivity index (χ0v) is 9.76. The summed E-state index contributed by atoms with van der Waals surface area (Å²) in [5.41, 5.74) is 1.31. The Bertz CT molecular complexity index is 341. The third-order valence-electron chi connectivity index (χ3n) is 3.37. The Kier molecular flexibility index (Phi) is 2.37. The average Bonchev–Trinajstić information content (AvgIpc) is 2.82. The molecular weight excluding hydrogens is 204 g/mol. The van der Waals surface area contributed by atoms with E-state index in [0.29, 0.717) is 11.4 Å². The summed E-state index contributed by atoms with van der Waals surface area (Å²) in [5, 5.41) is 4.18. The number of nitrogens with one attached hydrogen (secondary N) is 1. The normalized spacial score (nSPS) is 30.2. The van der Waals surface area contributed by atoms with E-state index in [4.69, 9.17) is 0 Å². The Morgan fingerprint density at radius 2 is 2.27 bits per heavy atom. The number of rotatable bonds is 1. The molecule has 1 fully saturated rings. The second-order valence-corrected chi connectivity index (χ2v) is 5.55. The Labute approximate surface area is 95.0 Å². The van der Waals surface area contributed by atoms with Gasteiger partial charge in [-0.15, -0.1) is 0 Å². The van der Waals surface area contributed by atoms with Crippen molar-refractivity contribution >= 4 is 17.4 Å². The van der Waals surface area contributed by atoms with Gasteiger partial charge in [-0.3, -0.25) is 0 Å². The SMILES string of the molecule is CN1CCC[C@H]1C1Nc2ccccc2S1. The van der Waals surface area contributed by atoms with E-state index in [1.54, 1.807) is 0 Å². The van der Waals surface area contributed by atoms with Crippen LogP contribution in [-0.4, -0.2) is 29.9 Å². The summed E-state index contributed by atoms with van der Waals surface area (Å²) in [6.45, 7) is 1.25. The monoisotopic (exact) mass is 220 g/mol. The molecule has 0 aromatic heterocycles. The summed E-state index contributed by atoms with van der Waals surface area (Å²) in [5.74, 6) is 0. The molecule has 0 saturated carbocycles. The third-order valence-corrected chi connectivity index (χ3v) is 4.66. The van der Waals surface area contributed by atoms with Gasteiger partial charge >= 0.3 is 0 Å². The summed E-state index contributed by atoms with van der Waals surface area (Å²) >= 11 is 1.98. The zero-order chi connectivity index (χ0) is 10.3. The van der Waals surface area contributed by atoms with E-state index in [-0.39, 0.29) is 0 Å². The van der Waals surface area contributed by atoms with Crippen LogP contribution in [0.5, 0.6) is 0 Å². The van der Waals surface area contributed by atoms with Crippen molar-refractivity contribution in [2.45, 2.75) is 29.2 Å². The molecule has 0 bridgehead atoms. The van der Waals surface area contributed by atoms with Gasteiger partial charge in [0.2, 0.25) is 0 Å². The van der Waals surface area contributed by atoms with Crippen molar-refractivity contribution < 1.29 is 0 Å². The molecular formula is C12H16N2S. The van der Waals surface area contributed by atoms with Crippen molar-refractivity contribution in [3.8, 4) is 0 Å². The van der Waals surface area contributed by atoms with Gasteiger partial charge in [-0.2, -0.15) is 0 Å². The molecule has 1 unspecified atom stereocenters. The van der Waals surface area contributed by atoms with Gasteiger partial charge in [-0.25, -0.2) is 0 Å². The van der Waals surface area contributed by atoms with Crippen molar-refractivity contribution in [2.75, 3.05) is 18.9 Å². The quantitative estimate of drug-likeness (QED) is 0.783. The molecule has 1 aromatic carbocycles. The zero-order valence-electron chi connectivity index (χ0n) is 8.94. The Balaban J connectivity index is 1.78. The molecule has 1 N–H and O–H groups in total. The standard InChI is InChI=1S/C12H16N2S/c1-14-8-4-6-10(14)12-13-9-5-2-3-7-11(9)15-12/h2-3,5,7,10,12-13H,4,6,8H2,1H3/t10-,12?/m0/s1. The number of fused-ring (bicyclic) bond motifs is 1. The third kappa shape index (κ3) is 1.64. The van der Waals surface area contributed by atoms with E-state index in [1.807, 2.05) is 11.8 Å². The van der Waals surface area contributed by atoms with Crippen LogP contribution in [0.2, 0.25) is 0 Å². The van der Waals surface area contributed by atoms with Crippen LogP contribution in [-0.2, 0) is 0 Å². The van der Waals surface area contributed by atoms with Crippen molar-refractivity contribution in [3.63, 3.8) is 0 Å². The lowest BCUT2D eigenvalue weighted by atomic mass is 10.2. The summed E-state index contributed by atoms with van der Waals surface area (Å²) in [7, 11) is 2.24. The van der Waals surface area contributed by atoms with Gasteiger partial charge in [-0.05, 0) is 38.6 Å². The number of benzene rings is 1. The van der Waals surface area contributed by atoms with Gasteiger partial charge in [0.15, 0.2) is 0 Å². The van der Waals surface area contributed by atoms with Crippen LogP contribution in [0.3, 0.4) is 0 Å². The van der Waals surface area contributed by atoms with Crippen LogP contribution in [0.4, 0.5) is 5.69 Å². The van der Waals surface area contributed by atoms with E-state index in [9.17, 15) is 0 Å². The molecule has 0 radical (unpaired) electrons. The lowest BCUT2D eigenvalue weighted by molar-refractivity contribution is 0.313. The number of likely N-dealkylation sites (tertiary alicyclic amines) is 1. The predicted molar refractivity (Wildman–Crippen MR) is 65.4 cm³/mol. The Hall–Kier alpha value is -0.670. The minimum absolute atomic E-state index is 0.551. The number of likely N-dealkylation sites (N-methyl/N-ethyl adjacent to an activating group) is 1. The first kappa shape index (κ1) is 9.55. The molecule has 3 heteroatoms. The van der Waals surface area contributed by atoms with E-state index in [1.165, 1.54) is 30.0 Å². The minimum Gasteiger partial charge on any atom is -0.371 e. The lowest BCUT2D eigenvalue weighted by Crippen LogP contribution is -2.37. The number of para-hydroxylation sites is 1. The predicted octanol–water partition coefficient (Wildman–Crippen LogP) is 2.62. The highest BCUT2D eigenvalue weighted by Gasteiger charge is 2.33. The molecule has 3 rings (SSSR count). The van der Waals surface area contributed by atoms with E-state index >= 15 is 0 Å². The molecule has 0 aliphatic carbocycles. The van der Waals surface area contributed by atoms with Crippen molar-refractivity contribution in [2.24, 2.45) is 0 Å². The van der Waals surface area contributed by atoms with Gasteiger partial charge < -0.3 is 10.2 Å². The molecule has 80 valence electrons. The number of hydrogen-bond donors (Lipinski definition) is 1. The van der Waals surface area contributed by atoms with Gasteiger partial charge in [0.25, 0.3) is 0 Å². The van der Waals surface area contributed by atoms with Crippen molar-refractivity contribution in [1.29, 1.82) is 0 Å². The lowest BCUT2D eigenvalue weighted by Gasteiger charge is -2.25. The minimum atomic E-state index is 0.551. The summed E-state index contributed by atoms with van der Waals surface area (Å²) in [6, 6.07) is 9.31. The van der Waals surface area contributed by atoms with Gasteiger partial charge in [0.05, 0.1) is 5.37 Å². The first-order valence-electron chi connectivity index (χ1n) is 5.57. The highest BCUT2D eigenvalue weighted by Crippen LogP contribution is 2.41. The molecule has 0 spiro atoms. The summed E-state index contributed by atoms with van der Waals surface area (Å²) in [4.78, 5) is 3.89. The number of anilines is 1. The summed E-state index contributed by atoms with van der Waals surface area (Å²) in [6.07, 6.45) is 2.67. The second-order valence-electron chi connectivity index (χ2n) is 4.37. The maximum absolute atomic E-state index is 3.63. The van der Waals surface area contributed by atoms with Crippen LogP contribution in [0.25, 0.3) is 0 Å². The van der Waals surface area contributed by atoms with Gasteiger partial charge in [0.1, 0.15) is 0 Å². The van der Waals surface area contributed by atoms with E-state index in [2.05, 4.69) is 41.5 Å². The van der Waals surface area contributed by atoms with Crippen LogP contribution < -0.4 is 5.32 Å². The molecule has 1 saturated heterocycles. The fraction of sp³-hybridized carbons (Fsp3) is 0.500. The highest BCUT2D eigenvalue weighted by atomic mass is 32.2. The number of thioether (sulfide) groups is 1. The molecule has 15 heavy (non-hydrogen) atoms. The molecule has 2 aliphatic rings. The smallest absolute Gasteiger partial charge is 0.0926 e. The number of nitrogens with zero attached hydrogens (tertiary/aromatic N) is 1. The molecule has 2 aliphatic heterocycles. The fourth-order valence-corrected chi connectivity index (χ4v) is 3.87. The fourth-order valence-electron chi connectivity index (χ4n) is 2.50. The average molecular weight is 220 g/mol. The largest absolute Gasteiger partial charge is 0.371 e. The summed E-state index contributed by atoms with van der Waals surface area (Å²) < 4.78 is 0. The van der Waals surface area contributed by atoms with Crippen LogP contribution in [0.1, 0.15) is 12.8 Å². The van der Waals surface area contributed by atoms with Crippen LogP contribution in [0, 0.1) is 0 Å². The topological polar surface area (TPSA) is 15.3 Å². The molecule has 1 aromatic rings. The Morgan fingerprint density at radius 3 is 3.00 bits per heavy atom. The second kappa shape index (κ2) is 3.72. The molecule has 2 heterocycles.